The first-order valence-corrected chi connectivity index (χ1v) is 11.9. The molecule has 0 spiro atoms. The zero-order valence-electron chi connectivity index (χ0n) is 19.3. The van der Waals surface area contributed by atoms with Crippen LogP contribution < -0.4 is 9.64 Å². The van der Waals surface area contributed by atoms with Crippen molar-refractivity contribution in [2.24, 2.45) is 0 Å². The Morgan fingerprint density at radius 1 is 0.939 bits per heavy atom. The molecule has 0 unspecified atom stereocenters. The van der Waals surface area contributed by atoms with Crippen molar-refractivity contribution in [1.29, 1.82) is 0 Å². The molecule has 5 heteroatoms. The van der Waals surface area contributed by atoms with Crippen LogP contribution in [-0.2, 0) is 0 Å². The smallest absolute Gasteiger partial charge is 0.198 e. The molecule has 1 aliphatic heterocycles. The molecule has 1 heterocycles. The molecule has 0 atom stereocenters. The van der Waals surface area contributed by atoms with Gasteiger partial charge in [-0.25, -0.2) is 0 Å². The maximum absolute atomic E-state index is 12.9. The number of nitrogens with zero attached hydrogens (tertiary/aromatic N) is 1. The van der Waals surface area contributed by atoms with Crippen LogP contribution in [0.1, 0.15) is 47.1 Å². The normalized spacial score (nSPS) is 15.6. The fraction of sp³-hybridized carbons (Fsp3) is 0.214. The highest BCUT2D eigenvalue weighted by atomic mass is 32.2. The van der Waals surface area contributed by atoms with Gasteiger partial charge in [-0.1, -0.05) is 42.1 Å². The lowest BCUT2D eigenvalue weighted by Crippen LogP contribution is -2.21. The number of ether oxygens (including phenoxy) is 1. The van der Waals surface area contributed by atoms with Crippen molar-refractivity contribution in [2.45, 2.75) is 20.8 Å². The molecule has 33 heavy (non-hydrogen) atoms. The molecule has 168 valence electrons. The summed E-state index contributed by atoms with van der Waals surface area (Å²) < 4.78 is 5.64. The number of allylic oxidation sites excluding steroid dienone is 6. The van der Waals surface area contributed by atoms with Gasteiger partial charge in [-0.3, -0.25) is 9.59 Å². The number of carbonyl (C=O) groups is 2. The number of rotatable bonds is 6. The van der Waals surface area contributed by atoms with Gasteiger partial charge >= 0.3 is 0 Å². The summed E-state index contributed by atoms with van der Waals surface area (Å²) in [6.07, 6.45) is 7.85. The summed E-state index contributed by atoms with van der Waals surface area (Å²) in [7, 11) is 1.68. The van der Waals surface area contributed by atoms with Crippen LogP contribution in [0.15, 0.2) is 81.6 Å². The molecule has 0 radical (unpaired) electrons. The second-order valence-electron chi connectivity index (χ2n) is 7.87. The highest BCUT2D eigenvalue weighted by Crippen LogP contribution is 2.38. The van der Waals surface area contributed by atoms with E-state index in [9.17, 15) is 9.59 Å². The van der Waals surface area contributed by atoms with Crippen molar-refractivity contribution >= 4 is 35.1 Å². The van der Waals surface area contributed by atoms with Gasteiger partial charge in [-0.2, -0.15) is 0 Å². The summed E-state index contributed by atoms with van der Waals surface area (Å²) in [6.45, 7) is 8.13. The maximum atomic E-state index is 12.9. The summed E-state index contributed by atoms with van der Waals surface area (Å²) >= 11 is 1.61. The predicted molar refractivity (Wildman–Crippen MR) is 137 cm³/mol. The average molecular weight is 458 g/mol. The first-order chi connectivity index (χ1) is 16.0. The number of Topliss-reactive ketones (excluding diaryl/α,β-unsaturated/α-hetero) is 2. The van der Waals surface area contributed by atoms with Gasteiger partial charge in [0.05, 0.1) is 12.7 Å². The van der Waals surface area contributed by atoms with Crippen LogP contribution in [0.4, 0.5) is 5.69 Å². The SMILES string of the molecule is CCN(CC)c1ccc(C=CC2=CC(=C3C(=O)c4ccccc4C3=O)C=C(C)S2)c(OC)c1. The highest BCUT2D eigenvalue weighted by Gasteiger charge is 2.34. The van der Waals surface area contributed by atoms with Crippen LogP contribution in [0.2, 0.25) is 0 Å². The number of thioether (sulfide) groups is 1. The van der Waals surface area contributed by atoms with E-state index in [-0.39, 0.29) is 17.1 Å². The minimum atomic E-state index is -0.199. The molecule has 2 aromatic rings. The summed E-state index contributed by atoms with van der Waals surface area (Å²) in [4.78, 5) is 30.1. The molecule has 2 aromatic carbocycles. The van der Waals surface area contributed by atoms with Crippen molar-refractivity contribution in [3.8, 4) is 5.75 Å². The summed E-state index contributed by atoms with van der Waals surface area (Å²) in [5, 5.41) is 0. The molecule has 4 rings (SSSR count). The molecule has 0 fully saturated rings. The number of hydrogen-bond donors (Lipinski definition) is 0. The van der Waals surface area contributed by atoms with Crippen LogP contribution in [0, 0.1) is 0 Å². The molecule has 0 amide bonds. The van der Waals surface area contributed by atoms with Gasteiger partial charge in [-0.05, 0) is 61.6 Å². The Kier molecular flexibility index (Phi) is 6.70. The number of fused-ring (bicyclic) bond motifs is 1. The van der Waals surface area contributed by atoms with E-state index in [1.165, 1.54) is 0 Å². The van der Waals surface area contributed by atoms with Gasteiger partial charge in [0, 0.05) is 46.4 Å². The van der Waals surface area contributed by atoms with E-state index in [4.69, 9.17) is 4.74 Å². The van der Waals surface area contributed by atoms with E-state index in [1.54, 1.807) is 43.1 Å². The predicted octanol–water partition coefficient (Wildman–Crippen LogP) is 6.46. The lowest BCUT2D eigenvalue weighted by molar-refractivity contribution is 0.0988. The van der Waals surface area contributed by atoms with E-state index in [2.05, 4.69) is 36.9 Å². The third kappa shape index (κ3) is 4.46. The minimum absolute atomic E-state index is 0.199. The summed E-state index contributed by atoms with van der Waals surface area (Å²) in [6, 6.07) is 13.2. The molecule has 0 N–H and O–H groups in total. The van der Waals surface area contributed by atoms with Crippen molar-refractivity contribution in [3.05, 3.63) is 98.3 Å². The molecular formula is C28H27NO3S. The number of methoxy groups -OCH3 is 1. The Labute approximate surface area is 199 Å². The number of carbonyl (C=O) groups excluding carboxylic acids is 2. The molecule has 2 aliphatic rings. The third-order valence-electron chi connectivity index (χ3n) is 5.87. The number of anilines is 1. The Hall–Kier alpha value is -3.31. The minimum Gasteiger partial charge on any atom is -0.496 e. The van der Waals surface area contributed by atoms with E-state index >= 15 is 0 Å². The van der Waals surface area contributed by atoms with E-state index in [1.807, 2.05) is 31.2 Å². The van der Waals surface area contributed by atoms with Gasteiger partial charge in [0.1, 0.15) is 5.75 Å². The van der Waals surface area contributed by atoms with Crippen LogP contribution in [0.5, 0.6) is 5.75 Å². The van der Waals surface area contributed by atoms with Crippen molar-refractivity contribution < 1.29 is 14.3 Å². The molecule has 0 aromatic heterocycles. The van der Waals surface area contributed by atoms with Crippen LogP contribution >= 0.6 is 11.8 Å². The van der Waals surface area contributed by atoms with Crippen molar-refractivity contribution in [1.82, 2.24) is 0 Å². The number of benzene rings is 2. The largest absolute Gasteiger partial charge is 0.496 e. The quantitative estimate of drug-likeness (QED) is 0.368. The van der Waals surface area contributed by atoms with Crippen molar-refractivity contribution in [2.75, 3.05) is 25.1 Å². The van der Waals surface area contributed by atoms with Gasteiger partial charge < -0.3 is 9.64 Å². The topological polar surface area (TPSA) is 46.6 Å². The lowest BCUT2D eigenvalue weighted by Gasteiger charge is -2.22. The Morgan fingerprint density at radius 2 is 1.61 bits per heavy atom. The van der Waals surface area contributed by atoms with Crippen LogP contribution in [0.25, 0.3) is 6.08 Å². The Bertz CT molecular complexity index is 1210. The monoisotopic (exact) mass is 457 g/mol. The second kappa shape index (κ2) is 9.67. The van der Waals surface area contributed by atoms with Crippen LogP contribution in [-0.4, -0.2) is 31.8 Å². The van der Waals surface area contributed by atoms with Gasteiger partial charge in [0.15, 0.2) is 11.6 Å². The summed E-state index contributed by atoms with van der Waals surface area (Å²) in [5.41, 5.74) is 3.99. The molecule has 4 nitrogen and oxygen atoms in total. The first kappa shape index (κ1) is 22.9. The Balaban J connectivity index is 1.67. The summed E-state index contributed by atoms with van der Waals surface area (Å²) in [5.74, 6) is 0.407. The van der Waals surface area contributed by atoms with Gasteiger partial charge in [0.2, 0.25) is 0 Å². The van der Waals surface area contributed by atoms with Gasteiger partial charge in [0.25, 0.3) is 0 Å². The van der Waals surface area contributed by atoms with E-state index in [0.717, 1.165) is 39.9 Å². The fourth-order valence-corrected chi connectivity index (χ4v) is 5.07. The fourth-order valence-electron chi connectivity index (χ4n) is 4.19. The second-order valence-corrected chi connectivity index (χ2v) is 9.19. The molecule has 0 bridgehead atoms. The van der Waals surface area contributed by atoms with E-state index in [0.29, 0.717) is 16.7 Å². The zero-order valence-corrected chi connectivity index (χ0v) is 20.2. The Morgan fingerprint density at radius 3 is 2.21 bits per heavy atom. The maximum Gasteiger partial charge on any atom is 0.198 e. The number of hydrogen-bond acceptors (Lipinski definition) is 5. The average Bonchev–Trinajstić information content (AvgIpc) is 3.08. The van der Waals surface area contributed by atoms with Gasteiger partial charge in [-0.15, -0.1) is 0 Å². The molecule has 0 saturated carbocycles. The molecule has 1 aliphatic carbocycles. The first-order valence-electron chi connectivity index (χ1n) is 11.1. The molecule has 0 saturated heterocycles. The van der Waals surface area contributed by atoms with Crippen molar-refractivity contribution in [3.63, 3.8) is 0 Å². The van der Waals surface area contributed by atoms with Crippen LogP contribution in [0.3, 0.4) is 0 Å². The standard InChI is InChI=1S/C28H27NO3S/c1-5-29(6-2)21-13-11-19(25(17-21)32-4)12-14-22-16-20(15-18(3)33-22)26-27(30)23-9-7-8-10-24(23)28(26)31/h7-17H,5-6H2,1-4H3. The van der Waals surface area contributed by atoms with E-state index < -0.39 is 0 Å². The third-order valence-corrected chi connectivity index (χ3v) is 6.80. The number of ketones is 2. The lowest BCUT2D eigenvalue weighted by atomic mass is 10.0. The highest BCUT2D eigenvalue weighted by molar-refractivity contribution is 8.06. The molecular weight excluding hydrogens is 430 g/mol. The zero-order chi connectivity index (χ0) is 23.5.